The minimum atomic E-state index is -1.64. The van der Waals surface area contributed by atoms with E-state index in [4.69, 9.17) is 8.85 Å². The highest BCUT2D eigenvalue weighted by atomic mass is 28.4. The molecule has 0 amide bonds. The highest BCUT2D eigenvalue weighted by molar-refractivity contribution is 6.84. The maximum absolute atomic E-state index is 11.0. The van der Waals surface area contributed by atoms with E-state index in [2.05, 4.69) is 46.2 Å². The minimum Gasteiger partial charge on any atom is -0.462 e. The van der Waals surface area contributed by atoms with E-state index in [0.29, 0.717) is 12.5 Å². The third kappa shape index (κ3) is 9.32. The molecular formula is C12H26O3Si2. The van der Waals surface area contributed by atoms with Crippen LogP contribution in [-0.2, 0) is 13.6 Å². The van der Waals surface area contributed by atoms with Crippen LogP contribution in [0.5, 0.6) is 0 Å². The van der Waals surface area contributed by atoms with Crippen LogP contribution in [0, 0.1) is 5.92 Å². The molecular weight excluding hydrogens is 248 g/mol. The summed E-state index contributed by atoms with van der Waals surface area (Å²) in [5.41, 5.74) is 0. The summed E-state index contributed by atoms with van der Waals surface area (Å²) in [5, 5.41) is 0. The molecule has 0 heterocycles. The predicted octanol–water partition coefficient (Wildman–Crippen LogP) is 3.41. The third-order valence-corrected chi connectivity index (χ3v) is 8.44. The number of rotatable bonds is 7. The maximum atomic E-state index is 11.0. The molecule has 0 fully saturated rings. The summed E-state index contributed by atoms with van der Waals surface area (Å²) in [6.45, 7) is 17.0. The number of carbonyl (C=O) groups excluding carboxylic acids is 1. The minimum absolute atomic E-state index is 0.344. The molecule has 1 unspecified atom stereocenters. The summed E-state index contributed by atoms with van der Waals surface area (Å²) in [7, 11) is -3.11. The molecule has 0 radical (unpaired) electrons. The second-order valence-corrected chi connectivity index (χ2v) is 15.1. The lowest BCUT2D eigenvalue weighted by atomic mass is 10.2. The quantitative estimate of drug-likeness (QED) is 0.405. The van der Waals surface area contributed by atoms with Crippen LogP contribution < -0.4 is 0 Å². The number of ether oxygens (including phenoxy) is 1. The van der Waals surface area contributed by atoms with Crippen molar-refractivity contribution in [2.45, 2.75) is 45.7 Å². The second-order valence-electron chi connectivity index (χ2n) is 6.12. The van der Waals surface area contributed by atoms with Crippen molar-refractivity contribution in [2.24, 2.45) is 5.92 Å². The molecule has 100 valence electrons. The SMILES string of the molecule is C=CC(=O)OCC(C)C[Si](C)(C)O[Si](C)(C)C. The van der Waals surface area contributed by atoms with Gasteiger partial charge in [0.2, 0.25) is 0 Å². The van der Waals surface area contributed by atoms with Crippen LogP contribution in [0.15, 0.2) is 12.7 Å². The molecule has 0 aliphatic rings. The Morgan fingerprint density at radius 1 is 1.29 bits per heavy atom. The Labute approximate surface area is 107 Å². The van der Waals surface area contributed by atoms with Gasteiger partial charge in [-0.3, -0.25) is 0 Å². The van der Waals surface area contributed by atoms with Crippen molar-refractivity contribution in [1.82, 2.24) is 0 Å². The summed E-state index contributed by atoms with van der Waals surface area (Å²) in [6, 6.07) is 1.02. The van der Waals surface area contributed by atoms with Crippen molar-refractivity contribution in [3.63, 3.8) is 0 Å². The lowest BCUT2D eigenvalue weighted by Gasteiger charge is -2.33. The van der Waals surface area contributed by atoms with Gasteiger partial charge in [-0.25, -0.2) is 4.79 Å². The molecule has 0 aliphatic carbocycles. The molecule has 0 N–H and O–H groups in total. The molecule has 0 aromatic rings. The maximum Gasteiger partial charge on any atom is 0.330 e. The van der Waals surface area contributed by atoms with Gasteiger partial charge >= 0.3 is 5.97 Å². The van der Waals surface area contributed by atoms with Gasteiger partial charge in [0.25, 0.3) is 0 Å². The molecule has 0 saturated carbocycles. The predicted molar refractivity (Wildman–Crippen MR) is 77.0 cm³/mol. The summed E-state index contributed by atoms with van der Waals surface area (Å²) in [6.07, 6.45) is 1.20. The molecule has 0 saturated heterocycles. The second kappa shape index (κ2) is 6.51. The van der Waals surface area contributed by atoms with Gasteiger partial charge in [-0.15, -0.1) is 0 Å². The fourth-order valence-corrected chi connectivity index (χ4v) is 10.8. The van der Waals surface area contributed by atoms with E-state index in [-0.39, 0.29) is 5.97 Å². The van der Waals surface area contributed by atoms with Crippen LogP contribution in [0.4, 0.5) is 0 Å². The fraction of sp³-hybridized carbons (Fsp3) is 0.750. The Kier molecular flexibility index (Phi) is 6.36. The van der Waals surface area contributed by atoms with Crippen molar-refractivity contribution in [2.75, 3.05) is 6.61 Å². The first-order chi connectivity index (χ1) is 7.56. The van der Waals surface area contributed by atoms with E-state index >= 15 is 0 Å². The topological polar surface area (TPSA) is 35.5 Å². The van der Waals surface area contributed by atoms with Crippen molar-refractivity contribution in [3.05, 3.63) is 12.7 Å². The molecule has 0 aliphatic heterocycles. The molecule has 3 nitrogen and oxygen atoms in total. The number of carbonyl (C=O) groups is 1. The Morgan fingerprint density at radius 3 is 2.24 bits per heavy atom. The monoisotopic (exact) mass is 274 g/mol. The van der Waals surface area contributed by atoms with Gasteiger partial charge in [-0.05, 0) is 44.7 Å². The van der Waals surface area contributed by atoms with E-state index in [1.54, 1.807) is 0 Å². The highest BCUT2D eigenvalue weighted by Crippen LogP contribution is 2.22. The zero-order valence-corrected chi connectivity index (χ0v) is 14.0. The summed E-state index contributed by atoms with van der Waals surface area (Å²) in [4.78, 5) is 11.0. The van der Waals surface area contributed by atoms with Crippen molar-refractivity contribution < 1.29 is 13.6 Å². The average Bonchev–Trinajstić information content (AvgIpc) is 2.09. The van der Waals surface area contributed by atoms with Crippen LogP contribution in [-0.4, -0.2) is 29.2 Å². The molecule has 0 rings (SSSR count). The highest BCUT2D eigenvalue weighted by Gasteiger charge is 2.31. The first kappa shape index (κ1) is 16.6. The van der Waals surface area contributed by atoms with Gasteiger partial charge in [-0.1, -0.05) is 13.5 Å². The van der Waals surface area contributed by atoms with Gasteiger partial charge in [0.15, 0.2) is 16.6 Å². The van der Waals surface area contributed by atoms with Crippen LogP contribution in [0.2, 0.25) is 38.8 Å². The molecule has 0 aromatic heterocycles. The van der Waals surface area contributed by atoms with Crippen LogP contribution in [0.3, 0.4) is 0 Å². The van der Waals surface area contributed by atoms with Gasteiger partial charge in [-0.2, -0.15) is 0 Å². The lowest BCUT2D eigenvalue weighted by Crippen LogP contribution is -2.43. The zero-order chi connectivity index (χ0) is 13.7. The van der Waals surface area contributed by atoms with Crippen molar-refractivity contribution in [1.29, 1.82) is 0 Å². The van der Waals surface area contributed by atoms with Gasteiger partial charge in [0.1, 0.15) is 0 Å². The van der Waals surface area contributed by atoms with Crippen molar-refractivity contribution in [3.8, 4) is 0 Å². The molecule has 1 atom stereocenters. The van der Waals surface area contributed by atoms with Crippen LogP contribution in [0.1, 0.15) is 6.92 Å². The normalized spacial score (nSPS) is 14.2. The van der Waals surface area contributed by atoms with Gasteiger partial charge < -0.3 is 8.85 Å². The summed E-state index contributed by atoms with van der Waals surface area (Å²) in [5.74, 6) is -0.000598. The van der Waals surface area contributed by atoms with E-state index in [0.717, 1.165) is 6.04 Å². The molecule has 0 aromatic carbocycles. The third-order valence-electron chi connectivity index (χ3n) is 2.10. The van der Waals surface area contributed by atoms with Crippen LogP contribution >= 0.6 is 0 Å². The summed E-state index contributed by atoms with van der Waals surface area (Å²) >= 11 is 0. The zero-order valence-electron chi connectivity index (χ0n) is 12.0. The van der Waals surface area contributed by atoms with Crippen molar-refractivity contribution >= 4 is 22.6 Å². The lowest BCUT2D eigenvalue weighted by molar-refractivity contribution is -0.138. The average molecular weight is 275 g/mol. The Morgan fingerprint density at radius 2 is 1.82 bits per heavy atom. The molecule has 5 heteroatoms. The standard InChI is InChI=1S/C12H26O3Si2/c1-8-12(13)14-9-11(2)10-17(6,7)15-16(3,4)5/h8,11H,1,9-10H2,2-7H3. The fourth-order valence-electron chi connectivity index (χ4n) is 2.05. The van der Waals surface area contributed by atoms with E-state index < -0.39 is 16.6 Å². The molecule has 0 bridgehead atoms. The largest absolute Gasteiger partial charge is 0.462 e. The number of hydrogen-bond donors (Lipinski definition) is 0. The molecule has 17 heavy (non-hydrogen) atoms. The summed E-state index contributed by atoms with van der Waals surface area (Å²) < 4.78 is 11.3. The van der Waals surface area contributed by atoms with E-state index in [9.17, 15) is 4.79 Å². The van der Waals surface area contributed by atoms with E-state index in [1.807, 2.05) is 0 Å². The first-order valence-corrected chi connectivity index (χ1v) is 12.6. The smallest absolute Gasteiger partial charge is 0.330 e. The van der Waals surface area contributed by atoms with Crippen LogP contribution in [0.25, 0.3) is 0 Å². The van der Waals surface area contributed by atoms with Gasteiger partial charge in [0, 0.05) is 6.08 Å². The molecule has 0 spiro atoms. The Hall–Kier alpha value is -0.396. The Bertz CT molecular complexity index is 269. The Balaban J connectivity index is 4.13. The number of esters is 1. The first-order valence-electron chi connectivity index (χ1n) is 6.05. The number of hydrogen-bond acceptors (Lipinski definition) is 3. The van der Waals surface area contributed by atoms with Gasteiger partial charge in [0.05, 0.1) is 6.61 Å². The van der Waals surface area contributed by atoms with E-state index in [1.165, 1.54) is 6.08 Å².